The molecule has 6 heteroatoms. The van der Waals surface area contributed by atoms with Crippen LogP contribution in [0.5, 0.6) is 11.5 Å². The molecule has 0 radical (unpaired) electrons. The van der Waals surface area contributed by atoms with E-state index in [9.17, 15) is 0 Å². The molecule has 5 nitrogen and oxygen atoms in total. The molecule has 1 aliphatic heterocycles. The van der Waals surface area contributed by atoms with Gasteiger partial charge in [0.05, 0.1) is 0 Å². The van der Waals surface area contributed by atoms with Crippen molar-refractivity contribution in [1.82, 2.24) is 9.55 Å². The number of anilines is 2. The number of nitrogens with zero attached hydrogens (tertiary/aromatic N) is 4. The van der Waals surface area contributed by atoms with Crippen LogP contribution < -0.4 is 14.5 Å². The van der Waals surface area contributed by atoms with Gasteiger partial charge in [0.2, 0.25) is 0 Å². The van der Waals surface area contributed by atoms with E-state index < -0.39 is 0 Å². The fraction of sp³-hybridized carbons (Fsp3) is 0.254. The van der Waals surface area contributed by atoms with Crippen LogP contribution in [0.25, 0.3) is 38.8 Å². The third-order valence-corrected chi connectivity index (χ3v) is 12.7. The number of rotatable bonds is 8. The molecule has 0 aliphatic carbocycles. The Balaban J connectivity index is 0.00000576. The molecule has 1 aliphatic rings. The molecule has 0 saturated heterocycles. The molecule has 334 valence electrons. The second-order valence-electron chi connectivity index (χ2n) is 20.9. The molecule has 0 amide bonds. The summed E-state index contributed by atoms with van der Waals surface area (Å²) in [7, 11) is 0. The molecule has 0 fully saturated rings. The fourth-order valence-corrected chi connectivity index (χ4v) is 8.74. The summed E-state index contributed by atoms with van der Waals surface area (Å²) in [6, 6.07) is 55.2. The average molecular weight is 1040 g/mol. The van der Waals surface area contributed by atoms with E-state index in [0.29, 0.717) is 11.5 Å². The number of hydrogen-bond donors (Lipinski definition) is 0. The van der Waals surface area contributed by atoms with Crippen molar-refractivity contribution in [2.24, 2.45) is 0 Å². The standard InChI is InChI=1S/C59H59N4O.Pt/c1-56(2,3)43-26-27-60-54(35-43)63-52-25-19-18-24-50(52)55-51(58(7,8)9)37-49(38-53(55)63)64-48-34-45(59(10,11)42-22-16-13-17-23-42)33-47(36-48)62-29-28-61(39-62)46-31-41(40-20-14-12-15-21-40)30-44(32-46)57(4,5)6;/h12-35,37,39H,1-11H3;/q-3;. The van der Waals surface area contributed by atoms with Crippen LogP contribution in [0.4, 0.5) is 11.4 Å². The van der Waals surface area contributed by atoms with Crippen molar-refractivity contribution in [1.29, 1.82) is 0 Å². The first kappa shape index (κ1) is 45.7. The number of para-hydroxylation sites is 1. The normalized spacial score (nSPS) is 13.5. The van der Waals surface area contributed by atoms with Crippen LogP contribution in [0.1, 0.15) is 104 Å². The maximum Gasteiger partial charge on any atom is 0.135 e. The zero-order valence-electron chi connectivity index (χ0n) is 39.5. The Kier molecular flexibility index (Phi) is 12.0. The summed E-state index contributed by atoms with van der Waals surface area (Å²) in [4.78, 5) is 9.31. The maximum atomic E-state index is 7.07. The number of aromatic nitrogens is 2. The van der Waals surface area contributed by atoms with E-state index in [2.05, 4.69) is 255 Å². The molecule has 0 bridgehead atoms. The van der Waals surface area contributed by atoms with Crippen LogP contribution in [0, 0.1) is 18.8 Å². The van der Waals surface area contributed by atoms with Crippen LogP contribution in [-0.4, -0.2) is 9.55 Å². The summed E-state index contributed by atoms with van der Waals surface area (Å²) < 4.78 is 9.32. The number of pyridine rings is 1. The van der Waals surface area contributed by atoms with E-state index in [1.165, 1.54) is 38.8 Å². The Morgan fingerprint density at radius 2 is 1.18 bits per heavy atom. The summed E-state index contributed by atoms with van der Waals surface area (Å²) in [5.41, 5.74) is 11.7. The SMILES string of the molecule is CC(C)(C)c1cc(-c2ccccc2)cc(N2C=CN(c3[c-]c(Oc4[c-]c5c(c(C(C)(C)C)c4)c4ccccc4n5-c4cc(C(C)(C)C)ccn4)cc(C(C)(C)c4ccccc4)c3)[CH-]2)c1.[Pt]. The number of fused-ring (bicyclic) bond motifs is 3. The van der Waals surface area contributed by atoms with Crippen molar-refractivity contribution in [3.8, 4) is 28.4 Å². The zero-order valence-corrected chi connectivity index (χ0v) is 41.8. The van der Waals surface area contributed by atoms with Crippen molar-refractivity contribution in [3.05, 3.63) is 199 Å². The molecule has 0 spiro atoms. The third-order valence-electron chi connectivity index (χ3n) is 12.7. The fourth-order valence-electron chi connectivity index (χ4n) is 8.74. The van der Waals surface area contributed by atoms with Gasteiger partial charge in [-0.05, 0) is 97.6 Å². The van der Waals surface area contributed by atoms with Gasteiger partial charge in [0, 0.05) is 50.0 Å². The molecular formula is C59H59N4OPt-3. The Morgan fingerprint density at radius 3 is 1.88 bits per heavy atom. The first-order chi connectivity index (χ1) is 30.3. The van der Waals surface area contributed by atoms with Gasteiger partial charge in [-0.3, -0.25) is 0 Å². The summed E-state index contributed by atoms with van der Waals surface area (Å²) in [6.45, 7) is 27.0. The molecule has 0 saturated carbocycles. The number of benzene rings is 6. The van der Waals surface area contributed by atoms with E-state index in [1.54, 1.807) is 0 Å². The first-order valence-electron chi connectivity index (χ1n) is 22.4. The Morgan fingerprint density at radius 1 is 0.538 bits per heavy atom. The Bertz CT molecular complexity index is 3030. The van der Waals surface area contributed by atoms with Gasteiger partial charge >= 0.3 is 0 Å². The quantitative estimate of drug-likeness (QED) is 0.142. The van der Waals surface area contributed by atoms with Gasteiger partial charge in [0.1, 0.15) is 5.82 Å². The van der Waals surface area contributed by atoms with Crippen molar-refractivity contribution < 1.29 is 25.8 Å². The minimum Gasteiger partial charge on any atom is -0.509 e. The van der Waals surface area contributed by atoms with Crippen molar-refractivity contribution in [2.45, 2.75) is 97.8 Å². The zero-order chi connectivity index (χ0) is 45.2. The smallest absolute Gasteiger partial charge is 0.135 e. The van der Waals surface area contributed by atoms with Gasteiger partial charge in [-0.25, -0.2) is 4.98 Å². The third kappa shape index (κ3) is 9.05. The summed E-state index contributed by atoms with van der Waals surface area (Å²) >= 11 is 0. The predicted molar refractivity (Wildman–Crippen MR) is 268 cm³/mol. The van der Waals surface area contributed by atoms with E-state index in [0.717, 1.165) is 39.2 Å². The minimum atomic E-state index is -0.349. The van der Waals surface area contributed by atoms with Gasteiger partial charge in [-0.2, -0.15) is 0 Å². The van der Waals surface area contributed by atoms with Crippen molar-refractivity contribution in [3.63, 3.8) is 0 Å². The number of hydrogen-bond acceptors (Lipinski definition) is 4. The summed E-state index contributed by atoms with van der Waals surface area (Å²) in [6.07, 6.45) is 6.15. The topological polar surface area (TPSA) is 33.5 Å². The van der Waals surface area contributed by atoms with Crippen LogP contribution in [0.2, 0.25) is 0 Å². The molecule has 6 aromatic carbocycles. The predicted octanol–water partition coefficient (Wildman–Crippen LogP) is 15.4. The average Bonchev–Trinajstić information content (AvgIpc) is 3.90. The first-order valence-corrected chi connectivity index (χ1v) is 22.4. The molecule has 0 atom stereocenters. The van der Waals surface area contributed by atoms with Gasteiger partial charge in [-0.1, -0.05) is 172 Å². The van der Waals surface area contributed by atoms with Crippen molar-refractivity contribution >= 4 is 33.2 Å². The second-order valence-corrected chi connectivity index (χ2v) is 20.9. The summed E-state index contributed by atoms with van der Waals surface area (Å²) in [5.74, 6) is 2.10. The van der Waals surface area contributed by atoms with E-state index in [-0.39, 0.29) is 42.7 Å². The monoisotopic (exact) mass is 1030 g/mol. The van der Waals surface area contributed by atoms with E-state index in [4.69, 9.17) is 9.72 Å². The molecule has 0 N–H and O–H groups in total. The van der Waals surface area contributed by atoms with E-state index in [1.807, 2.05) is 6.20 Å². The van der Waals surface area contributed by atoms with Crippen LogP contribution in [0.15, 0.2) is 152 Å². The van der Waals surface area contributed by atoms with Crippen LogP contribution in [0.3, 0.4) is 0 Å². The Labute approximate surface area is 401 Å². The van der Waals surface area contributed by atoms with Crippen LogP contribution in [-0.2, 0) is 42.7 Å². The molecular weight excluding hydrogens is 976 g/mol. The Hall–Kier alpha value is -5.90. The maximum absolute atomic E-state index is 7.07. The van der Waals surface area contributed by atoms with Gasteiger partial charge in [0.15, 0.2) is 0 Å². The van der Waals surface area contributed by atoms with Gasteiger partial charge in [-0.15, -0.1) is 53.8 Å². The molecule has 0 unspecified atom stereocenters. The van der Waals surface area contributed by atoms with Crippen molar-refractivity contribution in [2.75, 3.05) is 9.80 Å². The largest absolute Gasteiger partial charge is 0.509 e. The molecule has 3 heterocycles. The number of ether oxygens (including phenoxy) is 1. The van der Waals surface area contributed by atoms with Gasteiger partial charge in [0.25, 0.3) is 0 Å². The minimum absolute atomic E-state index is 0. The summed E-state index contributed by atoms with van der Waals surface area (Å²) in [5, 5.41) is 2.32. The van der Waals surface area contributed by atoms with Gasteiger partial charge < -0.3 is 19.1 Å². The molecule has 8 aromatic rings. The van der Waals surface area contributed by atoms with Crippen LogP contribution >= 0.6 is 0 Å². The molecule has 9 rings (SSSR count). The molecule has 2 aromatic heterocycles. The second kappa shape index (κ2) is 17.1. The van der Waals surface area contributed by atoms with E-state index >= 15 is 0 Å². The molecule has 65 heavy (non-hydrogen) atoms.